The van der Waals surface area contributed by atoms with Gasteiger partial charge in [-0.2, -0.15) is 0 Å². The molecule has 142 valence electrons. The van der Waals surface area contributed by atoms with E-state index in [1.54, 1.807) is 30.3 Å². The van der Waals surface area contributed by atoms with Crippen molar-refractivity contribution in [3.05, 3.63) is 22.4 Å². The van der Waals surface area contributed by atoms with Crippen LogP contribution in [0.15, 0.2) is 22.5 Å². The molecule has 1 heterocycles. The average Bonchev–Trinajstić information content (AvgIpc) is 3.26. The predicted octanol–water partition coefficient (Wildman–Crippen LogP) is 3.46. The molecule has 0 spiro atoms. The Labute approximate surface area is 172 Å². The molecule has 1 saturated carbocycles. The van der Waals surface area contributed by atoms with Crippen molar-refractivity contribution >= 4 is 47.2 Å². The number of thiophene rings is 1. The number of carbonyl (C=O) groups excluding carboxylic acids is 1. The summed E-state index contributed by atoms with van der Waals surface area (Å²) in [7, 11) is 3.51. The van der Waals surface area contributed by atoms with Crippen LogP contribution in [0, 0.1) is 5.92 Å². The fourth-order valence-electron chi connectivity index (χ4n) is 2.94. The number of aliphatic imine (C=N–C) groups is 1. The van der Waals surface area contributed by atoms with E-state index in [1.165, 1.54) is 37.0 Å². The molecule has 0 saturated heterocycles. The number of carbonyl (C=O) groups is 1. The summed E-state index contributed by atoms with van der Waals surface area (Å²) in [5.41, 5.74) is 0. The number of nitrogens with zero attached hydrogens (tertiary/aromatic N) is 2. The van der Waals surface area contributed by atoms with Crippen LogP contribution in [0.4, 0.5) is 0 Å². The first-order valence-electron chi connectivity index (χ1n) is 8.90. The molecule has 7 heteroatoms. The van der Waals surface area contributed by atoms with Gasteiger partial charge in [0.25, 0.3) is 0 Å². The molecule has 2 rings (SSSR count). The van der Waals surface area contributed by atoms with Gasteiger partial charge in [0.1, 0.15) is 6.54 Å². The first-order valence-corrected chi connectivity index (χ1v) is 9.78. The van der Waals surface area contributed by atoms with Crippen LogP contribution >= 0.6 is 35.3 Å². The van der Waals surface area contributed by atoms with E-state index in [4.69, 9.17) is 0 Å². The number of hydrogen-bond acceptors (Lipinski definition) is 3. The Morgan fingerprint density at radius 2 is 2.08 bits per heavy atom. The second kappa shape index (κ2) is 12.5. The summed E-state index contributed by atoms with van der Waals surface area (Å²) in [6.45, 7) is 1.82. The zero-order valence-corrected chi connectivity index (χ0v) is 18.4. The van der Waals surface area contributed by atoms with Gasteiger partial charge in [-0.3, -0.25) is 4.79 Å². The highest BCUT2D eigenvalue weighted by atomic mass is 127. The lowest BCUT2D eigenvalue weighted by atomic mass is 10.0. The zero-order valence-electron chi connectivity index (χ0n) is 15.3. The van der Waals surface area contributed by atoms with Gasteiger partial charge < -0.3 is 15.5 Å². The van der Waals surface area contributed by atoms with E-state index in [1.807, 2.05) is 6.07 Å². The molecule has 0 unspecified atom stereocenters. The molecule has 1 aromatic rings. The van der Waals surface area contributed by atoms with Crippen LogP contribution < -0.4 is 10.6 Å². The summed E-state index contributed by atoms with van der Waals surface area (Å²) < 4.78 is 0. The van der Waals surface area contributed by atoms with Crippen molar-refractivity contribution < 1.29 is 4.79 Å². The maximum absolute atomic E-state index is 11.7. The van der Waals surface area contributed by atoms with Crippen molar-refractivity contribution in [2.75, 3.05) is 27.2 Å². The van der Waals surface area contributed by atoms with Crippen LogP contribution in [0.2, 0.25) is 0 Å². The van der Waals surface area contributed by atoms with Crippen molar-refractivity contribution in [3.63, 3.8) is 0 Å². The highest BCUT2D eigenvalue weighted by Crippen LogP contribution is 2.28. The molecule has 0 bridgehead atoms. The second-order valence-corrected chi connectivity index (χ2v) is 7.64. The third-order valence-electron chi connectivity index (χ3n) is 4.44. The Morgan fingerprint density at radius 1 is 1.32 bits per heavy atom. The minimum absolute atomic E-state index is 0. The number of hydrogen-bond donors (Lipinski definition) is 2. The molecule has 1 amide bonds. The van der Waals surface area contributed by atoms with E-state index >= 15 is 0 Å². The highest BCUT2D eigenvalue weighted by Gasteiger charge is 2.14. The second-order valence-electron chi connectivity index (χ2n) is 6.61. The van der Waals surface area contributed by atoms with Crippen LogP contribution in [0.25, 0.3) is 0 Å². The molecule has 0 radical (unpaired) electrons. The lowest BCUT2D eigenvalue weighted by Crippen LogP contribution is -2.38. The Bertz CT molecular complexity index is 513. The van der Waals surface area contributed by atoms with Crippen molar-refractivity contribution in [3.8, 4) is 0 Å². The molecule has 1 aliphatic rings. The lowest BCUT2D eigenvalue weighted by molar-refractivity contribution is -0.127. The lowest BCUT2D eigenvalue weighted by Gasteiger charge is -2.14. The Balaban J connectivity index is 0.00000312. The van der Waals surface area contributed by atoms with Crippen LogP contribution in [-0.4, -0.2) is 44.0 Å². The van der Waals surface area contributed by atoms with Gasteiger partial charge in [0.15, 0.2) is 5.96 Å². The van der Waals surface area contributed by atoms with Crippen LogP contribution in [0.1, 0.15) is 43.4 Å². The molecule has 0 aliphatic heterocycles. The Morgan fingerprint density at radius 3 is 2.72 bits per heavy atom. The van der Waals surface area contributed by atoms with Gasteiger partial charge in [-0.1, -0.05) is 31.7 Å². The van der Waals surface area contributed by atoms with Gasteiger partial charge >= 0.3 is 0 Å². The summed E-state index contributed by atoms with van der Waals surface area (Å²) in [6, 6.07) is 4.14. The van der Waals surface area contributed by atoms with Crippen molar-refractivity contribution in [1.82, 2.24) is 15.5 Å². The SMILES string of the molecule is CN(C)C(=O)CN=C(NCCCC1CCCC1)NCc1cccs1.I. The molecule has 5 nitrogen and oxygen atoms in total. The molecule has 0 aromatic carbocycles. The largest absolute Gasteiger partial charge is 0.356 e. The average molecular weight is 478 g/mol. The van der Waals surface area contributed by atoms with Crippen molar-refractivity contribution in [2.45, 2.75) is 45.1 Å². The van der Waals surface area contributed by atoms with Crippen molar-refractivity contribution in [2.24, 2.45) is 10.9 Å². The van der Waals surface area contributed by atoms with Gasteiger partial charge in [0.05, 0.1) is 6.54 Å². The Hall–Kier alpha value is -0.830. The summed E-state index contributed by atoms with van der Waals surface area (Å²) in [5, 5.41) is 8.76. The maximum atomic E-state index is 11.7. The normalized spacial score (nSPS) is 14.9. The molecule has 25 heavy (non-hydrogen) atoms. The van der Waals surface area contributed by atoms with Gasteiger partial charge in [-0.25, -0.2) is 4.99 Å². The van der Waals surface area contributed by atoms with Gasteiger partial charge in [0, 0.05) is 25.5 Å². The summed E-state index contributed by atoms with van der Waals surface area (Å²) in [5.74, 6) is 1.66. The van der Waals surface area contributed by atoms with Gasteiger partial charge in [-0.05, 0) is 30.2 Å². The zero-order chi connectivity index (χ0) is 17.2. The van der Waals surface area contributed by atoms with E-state index in [2.05, 4.69) is 27.1 Å². The standard InChI is InChI=1S/C18H30N4OS.HI/c1-22(2)17(23)14-21-18(20-13-16-10-6-12-24-16)19-11-5-9-15-7-3-4-8-15;/h6,10,12,15H,3-5,7-9,11,13-14H2,1-2H3,(H2,19,20,21);1H. The highest BCUT2D eigenvalue weighted by molar-refractivity contribution is 14.0. The topological polar surface area (TPSA) is 56.7 Å². The summed E-state index contributed by atoms with van der Waals surface area (Å²) >= 11 is 1.72. The minimum Gasteiger partial charge on any atom is -0.356 e. The number of rotatable bonds is 8. The fraction of sp³-hybridized carbons (Fsp3) is 0.667. The molecule has 0 atom stereocenters. The predicted molar refractivity (Wildman–Crippen MR) is 117 cm³/mol. The van der Waals surface area contributed by atoms with Crippen LogP contribution in [0.3, 0.4) is 0 Å². The van der Waals surface area contributed by atoms with E-state index < -0.39 is 0 Å². The molecule has 1 fully saturated rings. The molecule has 1 aromatic heterocycles. The number of likely N-dealkylation sites (N-methyl/N-ethyl adjacent to an activating group) is 1. The number of guanidine groups is 1. The van der Waals surface area contributed by atoms with Crippen LogP contribution in [-0.2, 0) is 11.3 Å². The smallest absolute Gasteiger partial charge is 0.243 e. The van der Waals surface area contributed by atoms with E-state index in [9.17, 15) is 4.79 Å². The third-order valence-corrected chi connectivity index (χ3v) is 5.31. The van der Waals surface area contributed by atoms with E-state index in [0.717, 1.165) is 31.4 Å². The molecule has 1 aliphatic carbocycles. The summed E-state index contributed by atoms with van der Waals surface area (Å²) in [4.78, 5) is 19.0. The first-order chi connectivity index (χ1) is 11.6. The first kappa shape index (κ1) is 22.2. The van der Waals surface area contributed by atoms with Gasteiger partial charge in [0.2, 0.25) is 5.91 Å². The fourth-order valence-corrected chi connectivity index (χ4v) is 3.59. The molecular formula is C18H31IN4OS. The monoisotopic (exact) mass is 478 g/mol. The molecule has 2 N–H and O–H groups in total. The maximum Gasteiger partial charge on any atom is 0.243 e. The molecular weight excluding hydrogens is 447 g/mol. The minimum atomic E-state index is 0. The number of amides is 1. The van der Waals surface area contributed by atoms with E-state index in [0.29, 0.717) is 0 Å². The number of halogens is 1. The van der Waals surface area contributed by atoms with Crippen molar-refractivity contribution in [1.29, 1.82) is 0 Å². The van der Waals surface area contributed by atoms with E-state index in [-0.39, 0.29) is 36.4 Å². The summed E-state index contributed by atoms with van der Waals surface area (Å²) in [6.07, 6.45) is 8.05. The number of nitrogens with one attached hydrogen (secondary N) is 2. The quantitative estimate of drug-likeness (QED) is 0.261. The Kier molecular flexibility index (Phi) is 11.1. The van der Waals surface area contributed by atoms with Gasteiger partial charge in [-0.15, -0.1) is 35.3 Å². The van der Waals surface area contributed by atoms with Crippen LogP contribution in [0.5, 0.6) is 0 Å². The third kappa shape index (κ3) is 8.89.